The number of benzene rings is 4. The van der Waals surface area contributed by atoms with E-state index in [0.717, 1.165) is 29.7 Å². The summed E-state index contributed by atoms with van der Waals surface area (Å²) in [6, 6.07) is 18.0. The van der Waals surface area contributed by atoms with Gasteiger partial charge in [0.25, 0.3) is 11.8 Å². The molecule has 68 heavy (non-hydrogen) atoms. The first kappa shape index (κ1) is 48.9. The Bertz CT molecular complexity index is 2820. The topological polar surface area (TPSA) is 225 Å². The van der Waals surface area contributed by atoms with Crippen molar-refractivity contribution in [2.75, 3.05) is 25.2 Å². The molecule has 1 unspecified atom stereocenters. The Kier molecular flexibility index (Phi) is 15.0. The number of carboxylic acids is 1. The molecule has 2 aliphatic heterocycles. The monoisotopic (exact) mass is 945 g/mol. The minimum atomic E-state index is -1.30. The normalized spacial score (nSPS) is 16.8. The minimum Gasteiger partial charge on any atom is -0.508 e. The largest absolute Gasteiger partial charge is 0.508 e. The number of carbonyl (C=O) groups excluding carboxylic acids is 5. The van der Waals surface area contributed by atoms with Gasteiger partial charge in [-0.3, -0.25) is 28.9 Å². The van der Waals surface area contributed by atoms with E-state index in [1.165, 1.54) is 84.7 Å². The van der Waals surface area contributed by atoms with E-state index in [9.17, 15) is 43.8 Å². The summed E-state index contributed by atoms with van der Waals surface area (Å²) >= 11 is 1.41. The minimum absolute atomic E-state index is 0.0175. The van der Waals surface area contributed by atoms with Crippen LogP contribution in [-0.4, -0.2) is 111 Å². The maximum Gasteiger partial charge on any atom is 0.410 e. The standard InChI is InChI=1S/C51H55N5O11S/c1-29(55(5)50(65)67-51(2,3)4)45(59)54-40(48(62)56-28-68-27-41(56)47(61)53-26-32-13-10-12-30-11-6-7-14-35(30)32)15-8-9-22-52-46(60)31-16-19-36(39(23-31)49(63)64)44-37-20-17-33(57)24-42(37)66-43-25-34(58)18-21-38(43)44/h6-7,11,14,16-21,23-26,29,32,40-41,57H,8-10,12-13,15,22,27-28H2,1-5H3,(H,52,60)(H,54,59)(H,63,64)/t29-,32?,40-,41-/m0/s1. The SMILES string of the molecule is C[C@@H](C(=O)N[C@@H](CCCCNC(=O)c1ccc(-c2c3ccc(=O)cc-3oc3cc(O)ccc23)c(C(=O)O)c1)C(=O)N1CSC[C@H]1C(=O)N=CC1CCCc2ccccc21)N(C)C(=O)OC(C)(C)C. The van der Waals surface area contributed by atoms with Gasteiger partial charge >= 0.3 is 12.1 Å². The summed E-state index contributed by atoms with van der Waals surface area (Å²) in [5, 5.41) is 26.7. The van der Waals surface area contributed by atoms with Crippen molar-refractivity contribution in [2.24, 2.45) is 4.99 Å². The number of nitrogens with one attached hydrogen (secondary N) is 2. The zero-order valence-electron chi connectivity index (χ0n) is 38.6. The lowest BCUT2D eigenvalue weighted by molar-refractivity contribution is -0.140. The number of aryl methyl sites for hydroxylation is 1. The van der Waals surface area contributed by atoms with Gasteiger partial charge in [0.2, 0.25) is 11.8 Å². The van der Waals surface area contributed by atoms with Gasteiger partial charge in [0.1, 0.15) is 40.8 Å². The predicted octanol–water partition coefficient (Wildman–Crippen LogP) is 7.23. The molecule has 0 bridgehead atoms. The lowest BCUT2D eigenvalue weighted by Crippen LogP contribution is -2.55. The zero-order valence-corrected chi connectivity index (χ0v) is 39.4. The molecule has 356 valence electrons. The van der Waals surface area contributed by atoms with Gasteiger partial charge in [-0.15, -0.1) is 11.8 Å². The molecule has 7 rings (SSSR count). The number of thioether (sulfide) groups is 1. The van der Waals surface area contributed by atoms with Crippen LogP contribution in [0.4, 0.5) is 4.79 Å². The van der Waals surface area contributed by atoms with Crippen molar-refractivity contribution >= 4 is 64.6 Å². The second-order valence-electron chi connectivity index (χ2n) is 18.1. The van der Waals surface area contributed by atoms with E-state index in [1.807, 2.05) is 12.1 Å². The molecular weight excluding hydrogens is 891 g/mol. The van der Waals surface area contributed by atoms with Crippen molar-refractivity contribution in [1.82, 2.24) is 20.4 Å². The lowest BCUT2D eigenvalue weighted by Gasteiger charge is -2.31. The molecule has 4 atom stereocenters. The molecule has 3 aromatic rings. The van der Waals surface area contributed by atoms with E-state index in [4.69, 9.17) is 9.15 Å². The third kappa shape index (κ3) is 11.2. The molecular formula is C51H55N5O11S. The number of rotatable bonds is 14. The Morgan fingerprint density at radius 3 is 2.53 bits per heavy atom. The van der Waals surface area contributed by atoms with Crippen molar-refractivity contribution in [2.45, 2.75) is 95.9 Å². The van der Waals surface area contributed by atoms with E-state index >= 15 is 0 Å². The van der Waals surface area contributed by atoms with E-state index < -0.39 is 59.4 Å². The first-order chi connectivity index (χ1) is 32.4. The number of aliphatic imine (C=N–C) groups is 1. The van der Waals surface area contributed by atoms with Crippen LogP contribution in [0.3, 0.4) is 0 Å². The number of phenols is 1. The van der Waals surface area contributed by atoms with E-state index in [1.54, 1.807) is 33.1 Å². The van der Waals surface area contributed by atoms with E-state index in [0.29, 0.717) is 35.1 Å². The summed E-state index contributed by atoms with van der Waals surface area (Å²) in [7, 11) is 1.43. The summed E-state index contributed by atoms with van der Waals surface area (Å²) in [6.07, 6.45) is 4.58. The van der Waals surface area contributed by atoms with Crippen LogP contribution in [0, 0.1) is 0 Å². The number of hydrogen-bond acceptors (Lipinski definition) is 11. The Morgan fingerprint density at radius 2 is 1.76 bits per heavy atom. The molecule has 0 aromatic heterocycles. The number of likely N-dealkylation sites (N-methyl/N-ethyl adjacent to an activating group) is 1. The number of fused-ring (bicyclic) bond motifs is 3. The number of aromatic hydroxyl groups is 1. The highest BCUT2D eigenvalue weighted by Gasteiger charge is 2.39. The fourth-order valence-corrected chi connectivity index (χ4v) is 9.64. The van der Waals surface area contributed by atoms with Gasteiger partial charge in [-0.1, -0.05) is 30.3 Å². The van der Waals surface area contributed by atoms with Crippen LogP contribution in [0.2, 0.25) is 0 Å². The van der Waals surface area contributed by atoms with Crippen LogP contribution < -0.4 is 16.1 Å². The van der Waals surface area contributed by atoms with Gasteiger partial charge in [0.15, 0.2) is 5.43 Å². The molecule has 2 aliphatic carbocycles. The highest BCUT2D eigenvalue weighted by Crippen LogP contribution is 2.42. The van der Waals surface area contributed by atoms with Gasteiger partial charge in [0.05, 0.1) is 11.4 Å². The number of nitrogens with zero attached hydrogens (tertiary/aromatic N) is 3. The fourth-order valence-electron chi connectivity index (χ4n) is 8.49. The summed E-state index contributed by atoms with van der Waals surface area (Å²) in [6.45, 7) is 6.77. The smallest absolute Gasteiger partial charge is 0.410 e. The van der Waals surface area contributed by atoms with Gasteiger partial charge in [0, 0.05) is 65.7 Å². The number of aromatic carboxylic acids is 1. The molecule has 17 heteroatoms. The summed E-state index contributed by atoms with van der Waals surface area (Å²) < 4.78 is 11.4. The molecule has 2 heterocycles. The second kappa shape index (κ2) is 20.9. The van der Waals surface area contributed by atoms with Crippen LogP contribution in [0.25, 0.3) is 33.4 Å². The average molecular weight is 946 g/mol. The van der Waals surface area contributed by atoms with Gasteiger partial charge in [-0.2, -0.15) is 0 Å². The molecule has 4 N–H and O–H groups in total. The van der Waals surface area contributed by atoms with Crippen molar-refractivity contribution < 1.29 is 48.1 Å². The third-order valence-electron chi connectivity index (χ3n) is 12.2. The highest BCUT2D eigenvalue weighted by molar-refractivity contribution is 7.99. The van der Waals surface area contributed by atoms with Crippen LogP contribution in [-0.2, 0) is 25.5 Å². The first-order valence-electron chi connectivity index (χ1n) is 22.6. The fraction of sp³-hybridized carbons (Fsp3) is 0.373. The second-order valence-corrected chi connectivity index (χ2v) is 19.1. The number of carboxylic acid groups (broad SMARTS) is 1. The third-order valence-corrected chi connectivity index (χ3v) is 13.2. The average Bonchev–Trinajstić information content (AvgIpc) is 3.81. The lowest BCUT2D eigenvalue weighted by atomic mass is 9.83. The summed E-state index contributed by atoms with van der Waals surface area (Å²) in [5.74, 6) is -2.76. The van der Waals surface area contributed by atoms with Crippen molar-refractivity contribution in [1.29, 1.82) is 0 Å². The Hall–Kier alpha value is -7.01. The van der Waals surface area contributed by atoms with Gasteiger partial charge < -0.3 is 34.9 Å². The molecule has 1 fully saturated rings. The summed E-state index contributed by atoms with van der Waals surface area (Å²) in [4.78, 5) is 100. The highest BCUT2D eigenvalue weighted by atomic mass is 32.2. The molecule has 5 amide bonds. The number of phenolic OH excluding ortho intramolecular Hbond substituents is 1. The van der Waals surface area contributed by atoms with Crippen molar-refractivity contribution in [3.63, 3.8) is 0 Å². The Balaban J connectivity index is 1.04. The number of amides is 5. The molecule has 16 nitrogen and oxygen atoms in total. The van der Waals surface area contributed by atoms with Gasteiger partial charge in [-0.05, 0) is 119 Å². The summed E-state index contributed by atoms with van der Waals surface area (Å²) in [5.41, 5.74) is 2.51. The number of hydrogen-bond donors (Lipinski definition) is 4. The zero-order chi connectivity index (χ0) is 48.9. The molecule has 0 spiro atoms. The molecule has 0 saturated carbocycles. The maximum absolute atomic E-state index is 14.4. The van der Waals surface area contributed by atoms with Gasteiger partial charge in [-0.25, -0.2) is 14.6 Å². The Labute approximate surface area is 397 Å². The van der Waals surface area contributed by atoms with E-state index in [2.05, 4.69) is 27.8 Å². The first-order valence-corrected chi connectivity index (χ1v) is 23.7. The maximum atomic E-state index is 14.4. The molecule has 3 aromatic carbocycles. The van der Waals surface area contributed by atoms with Crippen LogP contribution in [0.15, 0.2) is 93.1 Å². The van der Waals surface area contributed by atoms with E-state index in [-0.39, 0.29) is 64.0 Å². The van der Waals surface area contributed by atoms with Crippen molar-refractivity contribution in [3.05, 3.63) is 111 Å². The quantitative estimate of drug-likeness (QED) is 0.0492. The van der Waals surface area contributed by atoms with Crippen LogP contribution in [0.1, 0.15) is 97.6 Å². The molecule has 0 radical (unpaired) electrons. The number of carbonyl (C=O) groups is 6. The van der Waals surface area contributed by atoms with Crippen LogP contribution >= 0.6 is 11.8 Å². The number of ether oxygens (including phenoxy) is 1. The Morgan fingerprint density at radius 1 is 1.00 bits per heavy atom. The van der Waals surface area contributed by atoms with Crippen molar-refractivity contribution in [3.8, 4) is 28.2 Å². The van der Waals surface area contributed by atoms with Crippen LogP contribution in [0.5, 0.6) is 5.75 Å². The number of unbranched alkanes of at least 4 members (excludes halogenated alkanes) is 1. The molecule has 1 saturated heterocycles. The predicted molar refractivity (Wildman–Crippen MR) is 258 cm³/mol. The molecule has 4 aliphatic rings.